The maximum Gasteiger partial charge on any atom is 0.325 e. The lowest BCUT2D eigenvalue weighted by atomic mass is 9.90. The van der Waals surface area contributed by atoms with Crippen LogP contribution in [0.2, 0.25) is 0 Å². The first-order valence-electron chi connectivity index (χ1n) is 8.24. The fraction of sp³-hybridized carbons (Fsp3) is 0.316. The van der Waals surface area contributed by atoms with E-state index in [1.54, 1.807) is 25.3 Å². The summed E-state index contributed by atoms with van der Waals surface area (Å²) in [6, 6.07) is 10.4. The SMILES string of the molecule is CC(C)c1ccc(C2(C)NC(=O)N(CC(=O)c3ccc[nH]3)C2=O)cc1. The van der Waals surface area contributed by atoms with E-state index in [1.165, 1.54) is 0 Å². The molecule has 2 N–H and O–H groups in total. The summed E-state index contributed by atoms with van der Waals surface area (Å²) in [6.07, 6.45) is 1.62. The predicted octanol–water partition coefficient (Wildman–Crippen LogP) is 2.79. The number of carbonyl (C=O) groups excluding carboxylic acids is 3. The molecule has 0 saturated carbocycles. The Morgan fingerprint density at radius 1 is 1.16 bits per heavy atom. The monoisotopic (exact) mass is 339 g/mol. The number of benzene rings is 1. The highest BCUT2D eigenvalue weighted by Gasteiger charge is 2.49. The second-order valence-corrected chi connectivity index (χ2v) is 6.73. The average Bonchev–Trinajstić information content (AvgIpc) is 3.19. The standard InChI is InChI=1S/C19H21N3O3/c1-12(2)13-6-8-14(9-7-13)19(3)17(24)22(18(25)21-19)11-16(23)15-5-4-10-20-15/h4-10,12,20H,11H2,1-3H3,(H,21,25). The Morgan fingerprint density at radius 3 is 2.40 bits per heavy atom. The molecule has 1 aliphatic heterocycles. The summed E-state index contributed by atoms with van der Waals surface area (Å²) in [5, 5.41) is 2.72. The smallest absolute Gasteiger partial charge is 0.325 e. The Labute approximate surface area is 146 Å². The van der Waals surface area contributed by atoms with Crippen molar-refractivity contribution in [2.75, 3.05) is 6.54 Å². The zero-order chi connectivity index (χ0) is 18.2. The Morgan fingerprint density at radius 2 is 1.84 bits per heavy atom. The van der Waals surface area contributed by atoms with Crippen molar-refractivity contribution in [1.29, 1.82) is 0 Å². The van der Waals surface area contributed by atoms with Crippen molar-refractivity contribution in [3.63, 3.8) is 0 Å². The number of urea groups is 1. The molecule has 3 rings (SSSR count). The van der Waals surface area contributed by atoms with Gasteiger partial charge in [-0.05, 0) is 36.1 Å². The molecule has 1 atom stereocenters. The molecule has 2 heterocycles. The lowest BCUT2D eigenvalue weighted by molar-refractivity contribution is -0.130. The molecular weight excluding hydrogens is 318 g/mol. The van der Waals surface area contributed by atoms with Gasteiger partial charge in [-0.15, -0.1) is 0 Å². The average molecular weight is 339 g/mol. The van der Waals surface area contributed by atoms with Gasteiger partial charge in [-0.2, -0.15) is 0 Å². The van der Waals surface area contributed by atoms with Crippen LogP contribution in [0.4, 0.5) is 4.79 Å². The van der Waals surface area contributed by atoms with Crippen LogP contribution in [-0.2, 0) is 10.3 Å². The van der Waals surface area contributed by atoms with Gasteiger partial charge < -0.3 is 10.3 Å². The number of hydrogen-bond acceptors (Lipinski definition) is 3. The van der Waals surface area contributed by atoms with Gasteiger partial charge in [0.2, 0.25) is 0 Å². The molecule has 1 fully saturated rings. The highest BCUT2D eigenvalue weighted by Crippen LogP contribution is 2.30. The predicted molar refractivity (Wildman–Crippen MR) is 93.3 cm³/mol. The topological polar surface area (TPSA) is 82.3 Å². The van der Waals surface area contributed by atoms with Crippen molar-refractivity contribution in [3.8, 4) is 0 Å². The molecule has 25 heavy (non-hydrogen) atoms. The van der Waals surface area contributed by atoms with E-state index in [9.17, 15) is 14.4 Å². The van der Waals surface area contributed by atoms with Crippen LogP contribution in [0, 0.1) is 0 Å². The number of hydrogen-bond donors (Lipinski definition) is 2. The number of nitrogens with zero attached hydrogens (tertiary/aromatic N) is 1. The van der Waals surface area contributed by atoms with Crippen molar-refractivity contribution < 1.29 is 14.4 Å². The highest BCUT2D eigenvalue weighted by molar-refractivity contribution is 6.10. The number of amides is 3. The molecule has 0 radical (unpaired) electrons. The van der Waals surface area contributed by atoms with Crippen molar-refractivity contribution >= 4 is 17.7 Å². The van der Waals surface area contributed by atoms with Crippen molar-refractivity contribution in [3.05, 3.63) is 59.4 Å². The summed E-state index contributed by atoms with van der Waals surface area (Å²) in [7, 11) is 0. The third-order valence-electron chi connectivity index (χ3n) is 4.63. The molecule has 0 spiro atoms. The van der Waals surface area contributed by atoms with Gasteiger partial charge in [0.05, 0.1) is 12.2 Å². The summed E-state index contributed by atoms with van der Waals surface area (Å²) in [5.41, 5.74) is 1.06. The molecule has 0 bridgehead atoms. The number of ketones is 1. The number of aromatic nitrogens is 1. The van der Waals surface area contributed by atoms with Gasteiger partial charge in [0.25, 0.3) is 5.91 Å². The van der Waals surface area contributed by atoms with Gasteiger partial charge in [0.1, 0.15) is 5.54 Å². The fourth-order valence-electron chi connectivity index (χ4n) is 2.97. The molecule has 2 aromatic rings. The molecule has 6 heteroatoms. The molecule has 1 aromatic carbocycles. The second-order valence-electron chi connectivity index (χ2n) is 6.73. The Bertz CT molecular complexity index is 809. The number of aromatic amines is 1. The van der Waals surface area contributed by atoms with Crippen LogP contribution in [-0.4, -0.2) is 34.2 Å². The van der Waals surface area contributed by atoms with Crippen molar-refractivity contribution in [1.82, 2.24) is 15.2 Å². The minimum absolute atomic E-state index is 0.287. The van der Waals surface area contributed by atoms with E-state index < -0.39 is 17.5 Å². The van der Waals surface area contributed by atoms with Crippen LogP contribution >= 0.6 is 0 Å². The van der Waals surface area contributed by atoms with Crippen molar-refractivity contribution in [2.24, 2.45) is 0 Å². The second kappa shape index (κ2) is 6.20. The van der Waals surface area contributed by atoms with E-state index in [1.807, 2.05) is 24.3 Å². The molecule has 1 saturated heterocycles. The van der Waals surface area contributed by atoms with E-state index in [-0.39, 0.29) is 12.3 Å². The van der Waals surface area contributed by atoms with Gasteiger partial charge in [-0.25, -0.2) is 4.79 Å². The summed E-state index contributed by atoms with van der Waals surface area (Å²) in [5.74, 6) is -0.353. The van der Waals surface area contributed by atoms with Gasteiger partial charge in [-0.1, -0.05) is 38.1 Å². The summed E-state index contributed by atoms with van der Waals surface area (Å²) < 4.78 is 0. The number of rotatable bonds is 5. The maximum absolute atomic E-state index is 12.8. The van der Waals surface area contributed by atoms with Gasteiger partial charge >= 0.3 is 6.03 Å². The van der Waals surface area contributed by atoms with Crippen LogP contribution in [0.1, 0.15) is 48.3 Å². The lowest BCUT2D eigenvalue weighted by Crippen LogP contribution is -2.41. The highest BCUT2D eigenvalue weighted by atomic mass is 16.2. The summed E-state index contributed by atoms with van der Waals surface area (Å²) in [6.45, 7) is 5.56. The van der Waals surface area contributed by atoms with Gasteiger partial charge in [0, 0.05) is 6.20 Å². The Hall–Kier alpha value is -2.89. The molecule has 1 aromatic heterocycles. The number of Topliss-reactive ketones (excluding diaryl/α,β-unsaturated/α-hetero) is 1. The van der Waals surface area contributed by atoms with Crippen LogP contribution in [0.15, 0.2) is 42.6 Å². The molecule has 1 unspecified atom stereocenters. The minimum Gasteiger partial charge on any atom is -0.359 e. The maximum atomic E-state index is 12.8. The lowest BCUT2D eigenvalue weighted by Gasteiger charge is -2.22. The molecule has 3 amide bonds. The van der Waals surface area contributed by atoms with Gasteiger partial charge in [0.15, 0.2) is 5.78 Å². The zero-order valence-corrected chi connectivity index (χ0v) is 14.5. The number of imide groups is 1. The number of carbonyl (C=O) groups is 3. The molecular formula is C19H21N3O3. The van der Waals surface area contributed by atoms with E-state index in [4.69, 9.17) is 0 Å². The number of nitrogens with one attached hydrogen (secondary N) is 2. The van der Waals surface area contributed by atoms with E-state index in [0.29, 0.717) is 17.2 Å². The minimum atomic E-state index is -1.16. The largest absolute Gasteiger partial charge is 0.359 e. The summed E-state index contributed by atoms with van der Waals surface area (Å²) >= 11 is 0. The fourth-order valence-corrected chi connectivity index (χ4v) is 2.97. The quantitative estimate of drug-likeness (QED) is 0.649. The first kappa shape index (κ1) is 17.0. The third kappa shape index (κ3) is 2.95. The molecule has 6 nitrogen and oxygen atoms in total. The van der Waals surface area contributed by atoms with Gasteiger partial charge in [-0.3, -0.25) is 14.5 Å². The zero-order valence-electron chi connectivity index (χ0n) is 14.5. The van der Waals surface area contributed by atoms with Crippen LogP contribution in [0.5, 0.6) is 0 Å². The Kier molecular flexibility index (Phi) is 4.20. The van der Waals surface area contributed by atoms with Crippen molar-refractivity contribution in [2.45, 2.75) is 32.2 Å². The van der Waals surface area contributed by atoms with Crippen LogP contribution in [0.25, 0.3) is 0 Å². The number of H-pyrrole nitrogens is 1. The van der Waals surface area contributed by atoms with Crippen LogP contribution in [0.3, 0.4) is 0 Å². The van der Waals surface area contributed by atoms with E-state index in [2.05, 4.69) is 24.1 Å². The third-order valence-corrected chi connectivity index (χ3v) is 4.63. The molecule has 0 aliphatic carbocycles. The normalized spacial score (nSPS) is 20.2. The Balaban J connectivity index is 1.83. The van der Waals surface area contributed by atoms with E-state index in [0.717, 1.165) is 10.5 Å². The first-order chi connectivity index (χ1) is 11.8. The molecule has 1 aliphatic rings. The van der Waals surface area contributed by atoms with E-state index >= 15 is 0 Å². The van der Waals surface area contributed by atoms with Crippen LogP contribution < -0.4 is 5.32 Å². The first-order valence-corrected chi connectivity index (χ1v) is 8.24. The molecule has 130 valence electrons. The summed E-state index contributed by atoms with van der Waals surface area (Å²) in [4.78, 5) is 41.1.